The Hall–Kier alpha value is -0.830. The Morgan fingerprint density at radius 2 is 2.23 bits per heavy atom. The number of hydrogen-bond acceptors (Lipinski definition) is 2. The molecule has 1 aromatic rings. The van der Waals surface area contributed by atoms with E-state index in [-0.39, 0.29) is 5.82 Å². The Bertz CT molecular complexity index is 299. The topological polar surface area (TPSA) is 17.1 Å². The highest BCUT2D eigenvalue weighted by atomic mass is 32.2. The first-order valence-corrected chi connectivity index (χ1v) is 5.13. The molecule has 70 valence electrons. The van der Waals surface area contributed by atoms with Crippen LogP contribution < -0.4 is 0 Å². The fourth-order valence-electron chi connectivity index (χ4n) is 0.956. The molecule has 0 aromatic heterocycles. The lowest BCUT2D eigenvalue weighted by atomic mass is 10.2. The molecule has 1 aromatic carbocycles. The maximum Gasteiger partial charge on any atom is 0.150 e. The largest absolute Gasteiger partial charge is 0.298 e. The number of rotatable bonds is 4. The number of aldehydes is 1. The molecule has 0 heterocycles. The highest BCUT2D eigenvalue weighted by Crippen LogP contribution is 2.20. The Morgan fingerprint density at radius 3 is 2.85 bits per heavy atom. The molecule has 13 heavy (non-hydrogen) atoms. The maximum absolute atomic E-state index is 12.9. The maximum atomic E-state index is 12.9. The van der Waals surface area contributed by atoms with Crippen molar-refractivity contribution < 1.29 is 9.18 Å². The van der Waals surface area contributed by atoms with Gasteiger partial charge in [0.25, 0.3) is 0 Å². The average Bonchev–Trinajstić information content (AvgIpc) is 2.14. The molecule has 0 fully saturated rings. The first-order valence-electron chi connectivity index (χ1n) is 4.15. The van der Waals surface area contributed by atoms with Gasteiger partial charge in [-0.25, -0.2) is 4.39 Å². The second kappa shape index (κ2) is 5.02. The second-order valence-electron chi connectivity index (χ2n) is 2.69. The van der Waals surface area contributed by atoms with Gasteiger partial charge in [-0.3, -0.25) is 4.79 Å². The molecule has 0 atom stereocenters. The number of benzene rings is 1. The van der Waals surface area contributed by atoms with Crippen molar-refractivity contribution in [3.05, 3.63) is 29.6 Å². The molecule has 0 spiro atoms. The quantitative estimate of drug-likeness (QED) is 0.546. The molecule has 0 aliphatic heterocycles. The van der Waals surface area contributed by atoms with Crippen LogP contribution in [0.15, 0.2) is 23.1 Å². The van der Waals surface area contributed by atoms with Crippen LogP contribution in [-0.2, 0) is 0 Å². The highest BCUT2D eigenvalue weighted by Gasteiger charge is 1.99. The van der Waals surface area contributed by atoms with Gasteiger partial charge in [0, 0.05) is 10.5 Å². The zero-order chi connectivity index (χ0) is 9.68. The lowest BCUT2D eigenvalue weighted by molar-refractivity contribution is 0.112. The molecule has 0 radical (unpaired) electrons. The van der Waals surface area contributed by atoms with Crippen LogP contribution >= 0.6 is 11.8 Å². The van der Waals surface area contributed by atoms with Crippen molar-refractivity contribution in [1.29, 1.82) is 0 Å². The lowest BCUT2D eigenvalue weighted by Gasteiger charge is -2.00. The van der Waals surface area contributed by atoms with Gasteiger partial charge in [-0.2, -0.15) is 0 Å². The van der Waals surface area contributed by atoms with Crippen LogP contribution in [0.4, 0.5) is 4.39 Å². The standard InChI is InChI=1S/C10H11FOS/c1-2-3-13-10-5-8(7-12)4-9(11)6-10/h4-7H,2-3H2,1H3. The van der Waals surface area contributed by atoms with E-state index in [0.29, 0.717) is 11.8 Å². The molecular weight excluding hydrogens is 187 g/mol. The van der Waals surface area contributed by atoms with Gasteiger partial charge < -0.3 is 0 Å². The Labute approximate surface area is 81.3 Å². The van der Waals surface area contributed by atoms with Crippen molar-refractivity contribution in [3.8, 4) is 0 Å². The van der Waals surface area contributed by atoms with Gasteiger partial charge >= 0.3 is 0 Å². The van der Waals surface area contributed by atoms with E-state index in [2.05, 4.69) is 6.92 Å². The molecule has 1 rings (SSSR count). The van der Waals surface area contributed by atoms with Crippen molar-refractivity contribution in [2.45, 2.75) is 18.2 Å². The summed E-state index contributed by atoms with van der Waals surface area (Å²) in [4.78, 5) is 11.2. The summed E-state index contributed by atoms with van der Waals surface area (Å²) in [6, 6.07) is 4.40. The Kier molecular flexibility index (Phi) is 3.96. The summed E-state index contributed by atoms with van der Waals surface area (Å²) in [7, 11) is 0. The summed E-state index contributed by atoms with van der Waals surface area (Å²) < 4.78 is 12.9. The van der Waals surface area contributed by atoms with Crippen molar-refractivity contribution in [2.75, 3.05) is 5.75 Å². The molecule has 1 nitrogen and oxygen atoms in total. The van der Waals surface area contributed by atoms with E-state index in [1.54, 1.807) is 17.8 Å². The predicted octanol–water partition coefficient (Wildman–Crippen LogP) is 3.14. The van der Waals surface area contributed by atoms with Crippen molar-refractivity contribution in [1.82, 2.24) is 0 Å². The molecule has 0 bridgehead atoms. The number of halogens is 1. The van der Waals surface area contributed by atoms with E-state index in [0.717, 1.165) is 17.1 Å². The van der Waals surface area contributed by atoms with Crippen LogP contribution in [0.5, 0.6) is 0 Å². The van der Waals surface area contributed by atoms with E-state index in [4.69, 9.17) is 0 Å². The summed E-state index contributed by atoms with van der Waals surface area (Å²) in [6.45, 7) is 2.06. The van der Waals surface area contributed by atoms with Gasteiger partial charge in [0.1, 0.15) is 12.1 Å². The third-order valence-corrected chi connectivity index (χ3v) is 2.68. The average molecular weight is 198 g/mol. The van der Waals surface area contributed by atoms with Crippen molar-refractivity contribution >= 4 is 18.0 Å². The molecule has 0 amide bonds. The minimum absolute atomic E-state index is 0.344. The number of hydrogen-bond donors (Lipinski definition) is 0. The predicted molar refractivity (Wildman–Crippen MR) is 52.8 cm³/mol. The summed E-state index contributed by atoms with van der Waals surface area (Å²) in [5, 5.41) is 0. The van der Waals surface area contributed by atoms with Gasteiger partial charge in [-0.05, 0) is 30.4 Å². The summed E-state index contributed by atoms with van der Waals surface area (Å²) in [5.41, 5.74) is 0.401. The number of carbonyl (C=O) groups excluding carboxylic acids is 1. The molecule has 0 saturated carbocycles. The van der Waals surface area contributed by atoms with Gasteiger partial charge in [0.15, 0.2) is 0 Å². The van der Waals surface area contributed by atoms with Crippen molar-refractivity contribution in [3.63, 3.8) is 0 Å². The SMILES string of the molecule is CCCSc1cc(F)cc(C=O)c1. The van der Waals surface area contributed by atoms with E-state index < -0.39 is 0 Å². The van der Waals surface area contributed by atoms with Gasteiger partial charge in [-0.15, -0.1) is 11.8 Å². The molecule has 3 heteroatoms. The van der Waals surface area contributed by atoms with Crippen LogP contribution in [0.1, 0.15) is 23.7 Å². The minimum atomic E-state index is -0.344. The fraction of sp³-hybridized carbons (Fsp3) is 0.300. The fourth-order valence-corrected chi connectivity index (χ4v) is 1.81. The Balaban J connectivity index is 2.81. The summed E-state index contributed by atoms with van der Waals surface area (Å²) in [5.74, 6) is 0.602. The normalized spacial score (nSPS) is 10.0. The van der Waals surface area contributed by atoms with E-state index >= 15 is 0 Å². The molecule has 0 unspecified atom stereocenters. The van der Waals surface area contributed by atoms with Crippen LogP contribution in [0, 0.1) is 5.82 Å². The first-order chi connectivity index (χ1) is 6.26. The van der Waals surface area contributed by atoms with Crippen LogP contribution in [0.2, 0.25) is 0 Å². The lowest BCUT2D eigenvalue weighted by Crippen LogP contribution is -1.85. The second-order valence-corrected chi connectivity index (χ2v) is 3.85. The zero-order valence-electron chi connectivity index (χ0n) is 7.42. The molecule has 0 saturated heterocycles. The number of carbonyl (C=O) groups is 1. The van der Waals surface area contributed by atoms with Crippen molar-refractivity contribution in [2.24, 2.45) is 0 Å². The summed E-state index contributed by atoms with van der Waals surface area (Å²) >= 11 is 1.57. The number of thioether (sulfide) groups is 1. The van der Waals surface area contributed by atoms with E-state index in [1.165, 1.54) is 12.1 Å². The first kappa shape index (κ1) is 10.3. The molecule has 0 aliphatic carbocycles. The van der Waals surface area contributed by atoms with Crippen LogP contribution in [0.25, 0.3) is 0 Å². The molecule has 0 aliphatic rings. The van der Waals surface area contributed by atoms with Gasteiger partial charge in [0.05, 0.1) is 0 Å². The highest BCUT2D eigenvalue weighted by molar-refractivity contribution is 7.99. The van der Waals surface area contributed by atoms with Crippen LogP contribution in [0.3, 0.4) is 0 Å². The zero-order valence-corrected chi connectivity index (χ0v) is 8.23. The minimum Gasteiger partial charge on any atom is -0.298 e. The smallest absolute Gasteiger partial charge is 0.150 e. The summed E-state index contributed by atoms with van der Waals surface area (Å²) in [6.07, 6.45) is 1.71. The van der Waals surface area contributed by atoms with E-state index in [9.17, 15) is 9.18 Å². The van der Waals surface area contributed by atoms with Gasteiger partial charge in [0.2, 0.25) is 0 Å². The van der Waals surface area contributed by atoms with Gasteiger partial charge in [-0.1, -0.05) is 6.92 Å². The third kappa shape index (κ3) is 3.19. The van der Waals surface area contributed by atoms with E-state index in [1.807, 2.05) is 0 Å². The molecule has 0 N–H and O–H groups in total. The Morgan fingerprint density at radius 1 is 1.46 bits per heavy atom. The van der Waals surface area contributed by atoms with Crippen LogP contribution in [-0.4, -0.2) is 12.0 Å². The molecular formula is C10H11FOS. The monoisotopic (exact) mass is 198 g/mol. The third-order valence-electron chi connectivity index (χ3n) is 1.50.